The number of carbonyl (C=O) groups excluding carboxylic acids is 1. The van der Waals surface area contributed by atoms with E-state index in [0.29, 0.717) is 11.3 Å². The Morgan fingerprint density at radius 3 is 2.27 bits per heavy atom. The van der Waals surface area contributed by atoms with Crippen LogP contribution in [0.4, 0.5) is 11.4 Å². The van der Waals surface area contributed by atoms with Gasteiger partial charge in [0.05, 0.1) is 0 Å². The summed E-state index contributed by atoms with van der Waals surface area (Å²) in [4.78, 5) is 16.8. The van der Waals surface area contributed by atoms with Crippen molar-refractivity contribution in [2.45, 2.75) is 0 Å². The minimum absolute atomic E-state index is 0.0934. The smallest absolute Gasteiger partial charge is 0.185 e. The maximum atomic E-state index is 12.1. The number of carbonyl (C=O) groups is 1. The highest BCUT2D eigenvalue weighted by Gasteiger charge is 2.01. The van der Waals surface area contributed by atoms with Crippen LogP contribution in [0.3, 0.4) is 0 Å². The average Bonchev–Trinajstić information content (AvgIpc) is 2.54. The molecular weight excluding hydrogens is 276 g/mol. The molecule has 0 aromatic heterocycles. The molecule has 22 heavy (non-hydrogen) atoms. The fraction of sp³-hybridized carbons (Fsp3) is 0.118. The van der Waals surface area contributed by atoms with Crippen LogP contribution in [0, 0.1) is 0 Å². The maximum absolute atomic E-state index is 12.1. The maximum Gasteiger partial charge on any atom is 0.185 e. The summed E-state index contributed by atoms with van der Waals surface area (Å²) in [5.41, 5.74) is 11.5. The van der Waals surface area contributed by atoms with E-state index in [1.807, 2.05) is 43.3 Å². The van der Waals surface area contributed by atoms with Gasteiger partial charge in [0.15, 0.2) is 5.78 Å². The molecule has 0 saturated heterocycles. The number of nitrogens with zero attached hydrogens (tertiary/aromatic N) is 4. The first-order valence-corrected chi connectivity index (χ1v) is 6.75. The quantitative estimate of drug-likeness (QED) is 0.266. The number of rotatable bonds is 5. The van der Waals surface area contributed by atoms with Crippen molar-refractivity contribution in [1.82, 2.24) is 0 Å². The number of hydrogen-bond acceptors (Lipinski definition) is 3. The van der Waals surface area contributed by atoms with Crippen LogP contribution in [0.2, 0.25) is 0 Å². The lowest BCUT2D eigenvalue weighted by atomic mass is 10.1. The van der Waals surface area contributed by atoms with Gasteiger partial charge >= 0.3 is 0 Å². The molecule has 2 aromatic rings. The Morgan fingerprint density at radius 2 is 1.73 bits per heavy atom. The van der Waals surface area contributed by atoms with Crippen molar-refractivity contribution >= 4 is 23.2 Å². The Balaban J connectivity index is 2.08. The number of azide groups is 1. The molecule has 0 amide bonds. The zero-order valence-electron chi connectivity index (χ0n) is 12.5. The van der Waals surface area contributed by atoms with E-state index in [2.05, 4.69) is 10.0 Å². The lowest BCUT2D eigenvalue weighted by Gasteiger charge is -2.11. The SMILES string of the molecule is CN(C)c1ccc(C=CC(=O)c2ccc(N=[N+]=[N-])cc2)cc1. The molecule has 0 aliphatic rings. The second kappa shape index (κ2) is 7.11. The predicted molar refractivity (Wildman–Crippen MR) is 89.4 cm³/mol. The fourth-order valence-electron chi connectivity index (χ4n) is 1.90. The van der Waals surface area contributed by atoms with E-state index in [9.17, 15) is 4.79 Å². The molecule has 0 radical (unpaired) electrons. The highest BCUT2D eigenvalue weighted by molar-refractivity contribution is 6.06. The molecule has 0 atom stereocenters. The summed E-state index contributed by atoms with van der Waals surface area (Å²) in [6.45, 7) is 0. The van der Waals surface area contributed by atoms with Crippen LogP contribution in [0.5, 0.6) is 0 Å². The first-order valence-electron chi connectivity index (χ1n) is 6.75. The normalized spacial score (nSPS) is 10.3. The second-order valence-corrected chi connectivity index (χ2v) is 4.92. The molecule has 0 aliphatic heterocycles. The van der Waals surface area contributed by atoms with Gasteiger partial charge in [-0.25, -0.2) is 0 Å². The summed E-state index contributed by atoms with van der Waals surface area (Å²) in [5, 5.41) is 3.47. The molecule has 0 N–H and O–H groups in total. The van der Waals surface area contributed by atoms with Crippen LogP contribution in [-0.2, 0) is 0 Å². The van der Waals surface area contributed by atoms with Crippen molar-refractivity contribution in [3.05, 3.63) is 76.2 Å². The molecule has 2 aromatic carbocycles. The Bertz CT molecular complexity index is 724. The van der Waals surface area contributed by atoms with Crippen molar-refractivity contribution < 1.29 is 4.79 Å². The van der Waals surface area contributed by atoms with Crippen LogP contribution in [-0.4, -0.2) is 19.9 Å². The third kappa shape index (κ3) is 3.98. The molecule has 0 heterocycles. The average molecular weight is 292 g/mol. The molecule has 110 valence electrons. The lowest BCUT2D eigenvalue weighted by Crippen LogP contribution is -2.07. The molecule has 0 bridgehead atoms. The Labute approximate surface area is 129 Å². The summed E-state index contributed by atoms with van der Waals surface area (Å²) in [6.07, 6.45) is 3.32. The molecule has 0 saturated carbocycles. The van der Waals surface area contributed by atoms with Gasteiger partial charge in [0.25, 0.3) is 0 Å². The number of benzene rings is 2. The van der Waals surface area contributed by atoms with Crippen LogP contribution >= 0.6 is 0 Å². The van der Waals surface area contributed by atoms with Gasteiger partial charge in [0.1, 0.15) is 0 Å². The minimum atomic E-state index is -0.0934. The van der Waals surface area contributed by atoms with E-state index in [1.165, 1.54) is 6.08 Å². The third-order valence-electron chi connectivity index (χ3n) is 3.15. The van der Waals surface area contributed by atoms with Crippen LogP contribution in [0.25, 0.3) is 16.5 Å². The van der Waals surface area contributed by atoms with Gasteiger partial charge in [0.2, 0.25) is 0 Å². The zero-order chi connectivity index (χ0) is 15.9. The number of hydrogen-bond donors (Lipinski definition) is 0. The first kappa shape index (κ1) is 15.4. The Hall–Kier alpha value is -3.04. The fourth-order valence-corrected chi connectivity index (χ4v) is 1.90. The van der Waals surface area contributed by atoms with Gasteiger partial charge in [-0.05, 0) is 29.3 Å². The van der Waals surface area contributed by atoms with Crippen LogP contribution in [0.15, 0.2) is 59.7 Å². The van der Waals surface area contributed by atoms with E-state index in [4.69, 9.17) is 5.53 Å². The van der Waals surface area contributed by atoms with Crippen LogP contribution in [0.1, 0.15) is 15.9 Å². The van der Waals surface area contributed by atoms with E-state index >= 15 is 0 Å². The van der Waals surface area contributed by atoms with E-state index in [-0.39, 0.29) is 5.78 Å². The van der Waals surface area contributed by atoms with E-state index < -0.39 is 0 Å². The number of allylic oxidation sites excluding steroid dienone is 1. The molecule has 2 rings (SSSR count). The molecule has 5 nitrogen and oxygen atoms in total. The summed E-state index contributed by atoms with van der Waals surface area (Å²) < 4.78 is 0. The minimum Gasteiger partial charge on any atom is -0.378 e. The van der Waals surface area contributed by atoms with Crippen molar-refractivity contribution in [3.8, 4) is 0 Å². The Morgan fingerprint density at radius 1 is 1.09 bits per heavy atom. The summed E-state index contributed by atoms with van der Waals surface area (Å²) in [5.74, 6) is -0.0934. The van der Waals surface area contributed by atoms with Crippen molar-refractivity contribution in [2.24, 2.45) is 5.11 Å². The van der Waals surface area contributed by atoms with Crippen molar-refractivity contribution in [2.75, 3.05) is 19.0 Å². The summed E-state index contributed by atoms with van der Waals surface area (Å²) in [6, 6.07) is 14.4. The van der Waals surface area contributed by atoms with Gasteiger partial charge in [-0.15, -0.1) is 0 Å². The largest absolute Gasteiger partial charge is 0.378 e. The summed E-state index contributed by atoms with van der Waals surface area (Å²) >= 11 is 0. The van der Waals surface area contributed by atoms with Gasteiger partial charge < -0.3 is 4.90 Å². The molecule has 5 heteroatoms. The number of ketones is 1. The Kier molecular flexibility index (Phi) is 4.96. The third-order valence-corrected chi connectivity index (χ3v) is 3.15. The molecule has 0 unspecified atom stereocenters. The van der Waals surface area contributed by atoms with Gasteiger partial charge in [-0.2, -0.15) is 0 Å². The zero-order valence-corrected chi connectivity index (χ0v) is 12.5. The van der Waals surface area contributed by atoms with Crippen molar-refractivity contribution in [3.63, 3.8) is 0 Å². The van der Waals surface area contributed by atoms with E-state index in [1.54, 1.807) is 30.3 Å². The highest BCUT2D eigenvalue weighted by Crippen LogP contribution is 2.15. The van der Waals surface area contributed by atoms with Gasteiger partial charge in [-0.3, -0.25) is 4.79 Å². The highest BCUT2D eigenvalue weighted by atomic mass is 16.1. The monoisotopic (exact) mass is 292 g/mol. The van der Waals surface area contributed by atoms with Crippen LogP contribution < -0.4 is 4.90 Å². The lowest BCUT2D eigenvalue weighted by molar-refractivity contribution is 0.104. The predicted octanol–water partition coefficient (Wildman–Crippen LogP) is 4.59. The summed E-state index contributed by atoms with van der Waals surface area (Å²) in [7, 11) is 3.96. The van der Waals surface area contributed by atoms with E-state index in [0.717, 1.165) is 11.3 Å². The molecule has 0 aliphatic carbocycles. The second-order valence-electron chi connectivity index (χ2n) is 4.92. The first-order chi connectivity index (χ1) is 10.6. The molecule has 0 fully saturated rings. The van der Waals surface area contributed by atoms with Gasteiger partial charge in [-0.1, -0.05) is 47.6 Å². The van der Waals surface area contributed by atoms with Crippen molar-refractivity contribution in [1.29, 1.82) is 0 Å². The molecule has 0 spiro atoms. The standard InChI is InChI=1S/C17H16N4O/c1-21(2)16-10-3-13(4-11-16)5-12-17(22)14-6-8-15(9-7-14)19-20-18/h3-12H,1-2H3. The number of anilines is 1. The van der Waals surface area contributed by atoms with Gasteiger partial charge in [0, 0.05) is 35.9 Å². The topological polar surface area (TPSA) is 69.1 Å². The molecular formula is C17H16N4O.